The molecule has 0 amide bonds. The van der Waals surface area contributed by atoms with Crippen molar-refractivity contribution in [3.8, 4) is 0 Å². The van der Waals surface area contributed by atoms with Crippen LogP contribution >= 0.6 is 0 Å². The number of nitrogens with two attached hydrogens (primary N) is 1. The number of nitrogen functional groups attached to an aromatic ring is 1. The molecule has 0 atom stereocenters. The molecule has 114 valence electrons. The molecule has 1 rings (SSSR count). The van der Waals surface area contributed by atoms with Crippen molar-refractivity contribution in [3.63, 3.8) is 0 Å². The highest BCUT2D eigenvalue weighted by molar-refractivity contribution is 5.54. The molecule has 0 saturated carbocycles. The van der Waals surface area contributed by atoms with E-state index in [4.69, 9.17) is 5.73 Å². The lowest BCUT2D eigenvalue weighted by atomic mass is 10.2. The standard InChI is InChI=1S/C15H29N5/c1-6-13-18-14(16)12(4)15(19-13)17-9-7-8-10-20(5)11(2)3/h11H,6-10H2,1-5H3,(H3,16,17,18,19). The van der Waals surface area contributed by atoms with Crippen LogP contribution in [-0.4, -0.2) is 41.0 Å². The van der Waals surface area contributed by atoms with Crippen LogP contribution in [0.25, 0.3) is 0 Å². The Morgan fingerprint density at radius 1 is 1.25 bits per heavy atom. The summed E-state index contributed by atoms with van der Waals surface area (Å²) in [7, 11) is 2.17. The van der Waals surface area contributed by atoms with Gasteiger partial charge in [0.2, 0.25) is 0 Å². The first-order valence-electron chi connectivity index (χ1n) is 7.52. The van der Waals surface area contributed by atoms with Gasteiger partial charge in [0.1, 0.15) is 17.5 Å². The second-order valence-electron chi connectivity index (χ2n) is 5.56. The van der Waals surface area contributed by atoms with Crippen molar-refractivity contribution in [2.75, 3.05) is 31.2 Å². The van der Waals surface area contributed by atoms with E-state index in [2.05, 4.69) is 41.1 Å². The smallest absolute Gasteiger partial charge is 0.134 e. The van der Waals surface area contributed by atoms with Gasteiger partial charge in [0, 0.05) is 24.6 Å². The van der Waals surface area contributed by atoms with Gasteiger partial charge in [-0.15, -0.1) is 0 Å². The fourth-order valence-electron chi connectivity index (χ4n) is 1.86. The molecule has 5 heteroatoms. The average Bonchev–Trinajstić information content (AvgIpc) is 2.42. The van der Waals surface area contributed by atoms with Crippen molar-refractivity contribution in [3.05, 3.63) is 11.4 Å². The molecule has 1 heterocycles. The summed E-state index contributed by atoms with van der Waals surface area (Å²) in [5, 5.41) is 3.38. The van der Waals surface area contributed by atoms with Gasteiger partial charge in [-0.3, -0.25) is 0 Å². The zero-order valence-electron chi connectivity index (χ0n) is 13.5. The second kappa shape index (κ2) is 8.04. The molecule has 0 radical (unpaired) electrons. The van der Waals surface area contributed by atoms with Crippen LogP contribution < -0.4 is 11.1 Å². The number of unbranched alkanes of at least 4 members (excludes halogenated alkanes) is 1. The van der Waals surface area contributed by atoms with Crippen LogP contribution in [0.4, 0.5) is 11.6 Å². The Morgan fingerprint density at radius 2 is 1.95 bits per heavy atom. The molecule has 3 N–H and O–H groups in total. The lowest BCUT2D eigenvalue weighted by molar-refractivity contribution is 0.269. The van der Waals surface area contributed by atoms with E-state index in [1.807, 2.05) is 13.8 Å². The number of aromatic nitrogens is 2. The van der Waals surface area contributed by atoms with Crippen molar-refractivity contribution < 1.29 is 0 Å². The summed E-state index contributed by atoms with van der Waals surface area (Å²) >= 11 is 0. The summed E-state index contributed by atoms with van der Waals surface area (Å²) in [5.74, 6) is 2.26. The number of rotatable bonds is 8. The van der Waals surface area contributed by atoms with Gasteiger partial charge < -0.3 is 16.0 Å². The number of nitrogens with one attached hydrogen (secondary N) is 1. The highest BCUT2D eigenvalue weighted by atomic mass is 15.1. The molecule has 0 fully saturated rings. The zero-order valence-corrected chi connectivity index (χ0v) is 13.5. The van der Waals surface area contributed by atoms with Gasteiger partial charge in [-0.1, -0.05) is 6.92 Å². The van der Waals surface area contributed by atoms with Gasteiger partial charge >= 0.3 is 0 Å². The summed E-state index contributed by atoms with van der Waals surface area (Å²) in [6, 6.07) is 0.610. The second-order valence-corrected chi connectivity index (χ2v) is 5.56. The number of anilines is 2. The quantitative estimate of drug-likeness (QED) is 0.716. The summed E-state index contributed by atoms with van der Waals surface area (Å²) < 4.78 is 0. The number of hydrogen-bond donors (Lipinski definition) is 2. The molecule has 1 aromatic heterocycles. The third kappa shape index (κ3) is 4.96. The fraction of sp³-hybridized carbons (Fsp3) is 0.733. The minimum atomic E-state index is 0.582. The summed E-state index contributed by atoms with van der Waals surface area (Å²) in [6.45, 7) is 10.5. The largest absolute Gasteiger partial charge is 0.383 e. The van der Waals surface area contributed by atoms with E-state index in [1.165, 1.54) is 6.42 Å². The average molecular weight is 279 g/mol. The van der Waals surface area contributed by atoms with Crippen molar-refractivity contribution in [2.24, 2.45) is 0 Å². The van der Waals surface area contributed by atoms with E-state index in [-0.39, 0.29) is 0 Å². The zero-order chi connectivity index (χ0) is 15.1. The van der Waals surface area contributed by atoms with Crippen LogP contribution in [0.1, 0.15) is 45.0 Å². The topological polar surface area (TPSA) is 67.1 Å². The van der Waals surface area contributed by atoms with E-state index in [1.54, 1.807) is 0 Å². The molecule has 0 bridgehead atoms. The predicted molar refractivity (Wildman–Crippen MR) is 86.0 cm³/mol. The number of nitrogens with zero attached hydrogens (tertiary/aromatic N) is 3. The predicted octanol–water partition coefficient (Wildman–Crippen LogP) is 2.46. The van der Waals surface area contributed by atoms with E-state index >= 15 is 0 Å². The van der Waals surface area contributed by atoms with Crippen molar-refractivity contribution >= 4 is 11.6 Å². The molecule has 0 aromatic carbocycles. The first-order valence-corrected chi connectivity index (χ1v) is 7.52. The van der Waals surface area contributed by atoms with Gasteiger partial charge in [0.05, 0.1) is 0 Å². The van der Waals surface area contributed by atoms with Gasteiger partial charge in [0.15, 0.2) is 0 Å². The van der Waals surface area contributed by atoms with Gasteiger partial charge in [-0.05, 0) is 47.2 Å². The molecule has 0 aliphatic heterocycles. The maximum atomic E-state index is 5.90. The van der Waals surface area contributed by atoms with Gasteiger partial charge in [0.25, 0.3) is 0 Å². The van der Waals surface area contributed by atoms with Gasteiger partial charge in [-0.25, -0.2) is 9.97 Å². The molecule has 1 aromatic rings. The van der Waals surface area contributed by atoms with Crippen molar-refractivity contribution in [1.29, 1.82) is 0 Å². The van der Waals surface area contributed by atoms with Crippen molar-refractivity contribution in [1.82, 2.24) is 14.9 Å². The third-order valence-corrected chi connectivity index (χ3v) is 3.66. The fourth-order valence-corrected chi connectivity index (χ4v) is 1.86. The van der Waals surface area contributed by atoms with E-state index in [0.717, 1.165) is 43.1 Å². The Labute approximate surface area is 123 Å². The molecule has 20 heavy (non-hydrogen) atoms. The van der Waals surface area contributed by atoms with Crippen LogP contribution in [0.5, 0.6) is 0 Å². The molecule has 0 spiro atoms. The molecule has 0 aliphatic carbocycles. The Bertz CT molecular complexity index is 417. The number of aryl methyl sites for hydroxylation is 1. The summed E-state index contributed by atoms with van der Waals surface area (Å²) in [4.78, 5) is 11.1. The minimum absolute atomic E-state index is 0.582. The third-order valence-electron chi connectivity index (χ3n) is 3.66. The highest BCUT2D eigenvalue weighted by Gasteiger charge is 2.07. The number of hydrogen-bond acceptors (Lipinski definition) is 5. The van der Waals surface area contributed by atoms with Crippen molar-refractivity contribution in [2.45, 2.75) is 53.0 Å². The van der Waals surface area contributed by atoms with E-state index < -0.39 is 0 Å². The van der Waals surface area contributed by atoms with E-state index in [0.29, 0.717) is 11.9 Å². The van der Waals surface area contributed by atoms with Crippen LogP contribution in [-0.2, 0) is 6.42 Å². The summed E-state index contributed by atoms with van der Waals surface area (Å²) in [6.07, 6.45) is 3.11. The highest BCUT2D eigenvalue weighted by Crippen LogP contribution is 2.17. The molecule has 0 saturated heterocycles. The molecular weight excluding hydrogens is 250 g/mol. The Morgan fingerprint density at radius 3 is 2.55 bits per heavy atom. The molecule has 0 unspecified atom stereocenters. The minimum Gasteiger partial charge on any atom is -0.383 e. The van der Waals surface area contributed by atoms with Crippen LogP contribution in [0.15, 0.2) is 0 Å². The molecule has 5 nitrogen and oxygen atoms in total. The normalized spacial score (nSPS) is 11.3. The maximum absolute atomic E-state index is 5.90. The lowest BCUT2D eigenvalue weighted by Crippen LogP contribution is -2.27. The SMILES string of the molecule is CCc1nc(N)c(C)c(NCCCCN(C)C(C)C)n1. The monoisotopic (exact) mass is 279 g/mol. The molecule has 0 aliphatic rings. The Hall–Kier alpha value is -1.36. The summed E-state index contributed by atoms with van der Waals surface area (Å²) in [5.41, 5.74) is 6.85. The van der Waals surface area contributed by atoms with Crippen LogP contribution in [0, 0.1) is 6.92 Å². The van der Waals surface area contributed by atoms with E-state index in [9.17, 15) is 0 Å². The van der Waals surface area contributed by atoms with Crippen LogP contribution in [0.3, 0.4) is 0 Å². The first kappa shape index (κ1) is 16.7. The maximum Gasteiger partial charge on any atom is 0.134 e. The lowest BCUT2D eigenvalue weighted by Gasteiger charge is -2.20. The Balaban J connectivity index is 2.40. The van der Waals surface area contributed by atoms with Gasteiger partial charge in [-0.2, -0.15) is 0 Å². The van der Waals surface area contributed by atoms with Crippen LogP contribution in [0.2, 0.25) is 0 Å². The Kier molecular flexibility index (Phi) is 6.71. The molecular formula is C15H29N5. The first-order chi connectivity index (χ1) is 9.45.